The second kappa shape index (κ2) is 30.7. The summed E-state index contributed by atoms with van der Waals surface area (Å²) in [6.45, 7) is 13.8. The molecule has 0 aliphatic carbocycles. The Bertz CT molecular complexity index is 3140. The number of rotatable bonds is 27. The Hall–Kier alpha value is -9.03. The number of primary amides is 1. The molecule has 0 saturated heterocycles. The summed E-state index contributed by atoms with van der Waals surface area (Å²) in [6.07, 6.45) is 1.38. The van der Waals surface area contributed by atoms with Crippen molar-refractivity contribution < 1.29 is 53.0 Å². The number of hydrogen-bond acceptors (Lipinski definition) is 14. The molecular formula is C62H83N13O11. The number of anilines is 3. The summed E-state index contributed by atoms with van der Waals surface area (Å²) in [6, 6.07) is 21.8. The lowest BCUT2D eigenvalue weighted by molar-refractivity contribution is -0.141. The topological polar surface area (TPSA) is 362 Å². The number of hydrogen-bond donors (Lipinski definition) is 11. The summed E-state index contributed by atoms with van der Waals surface area (Å²) in [4.78, 5) is 121. The molecule has 0 aromatic heterocycles. The highest BCUT2D eigenvalue weighted by molar-refractivity contribution is 5.99. The van der Waals surface area contributed by atoms with E-state index in [9.17, 15) is 48.3 Å². The SMILES string of the molecule is CN[C@H](C(=O)NC(C(=O)N(C)C(/C=C(\C)C(=O)O)C(C)C)C(C)(C)C)C(C)(C)c1cccc(NC(=O)COc2ccc(NC(=O)[C@H](CCCNC(N)=O)NC(=O)CNC(=O)CCC(=O)N3Cc4ccccc4C(N)C(N=N)c4ccccc43)cc2)c1. The quantitative estimate of drug-likeness (QED) is 0.0194. The first-order chi connectivity index (χ1) is 40.6. The summed E-state index contributed by atoms with van der Waals surface area (Å²) in [5, 5.41) is 32.6. The van der Waals surface area contributed by atoms with Gasteiger partial charge in [0.15, 0.2) is 6.61 Å². The fourth-order valence-electron chi connectivity index (χ4n) is 10.1. The molecule has 9 amide bonds. The van der Waals surface area contributed by atoms with Gasteiger partial charge < -0.3 is 68.3 Å². The number of likely N-dealkylation sites (N-methyl/N-ethyl adjacent to an activating group) is 2. The van der Waals surface area contributed by atoms with Gasteiger partial charge in [-0.3, -0.25) is 33.6 Å². The Morgan fingerprint density at radius 3 is 2.09 bits per heavy atom. The highest BCUT2D eigenvalue weighted by Gasteiger charge is 2.42. The van der Waals surface area contributed by atoms with E-state index in [-0.39, 0.29) is 67.8 Å². The first kappa shape index (κ1) is 67.8. The van der Waals surface area contributed by atoms with E-state index in [1.54, 1.807) is 67.5 Å². The fourth-order valence-corrected chi connectivity index (χ4v) is 10.1. The second-order valence-electron chi connectivity index (χ2n) is 23.2. The molecule has 1 heterocycles. The summed E-state index contributed by atoms with van der Waals surface area (Å²) in [5.74, 6) is -4.54. The van der Waals surface area contributed by atoms with Crippen molar-refractivity contribution in [2.24, 2.45) is 27.9 Å². The molecule has 6 atom stereocenters. The summed E-state index contributed by atoms with van der Waals surface area (Å²) in [5.41, 5.74) is 22.3. The molecule has 24 heteroatoms. The molecule has 4 aromatic rings. The van der Waals surface area contributed by atoms with Gasteiger partial charge in [-0.1, -0.05) is 109 Å². The number of carbonyl (C=O) groups is 9. The third kappa shape index (κ3) is 18.5. The third-order valence-corrected chi connectivity index (χ3v) is 15.0. The van der Waals surface area contributed by atoms with Crippen LogP contribution in [0.25, 0.3) is 0 Å². The highest BCUT2D eigenvalue weighted by atomic mass is 16.5. The van der Waals surface area contributed by atoms with Gasteiger partial charge in [-0.25, -0.2) is 15.1 Å². The predicted octanol–water partition coefficient (Wildman–Crippen LogP) is 5.70. The average Bonchev–Trinajstić information content (AvgIpc) is 2.13. The van der Waals surface area contributed by atoms with E-state index < -0.39 is 102 Å². The van der Waals surface area contributed by atoms with Crippen LogP contribution in [-0.4, -0.2) is 121 Å². The molecule has 0 radical (unpaired) electrons. The molecule has 13 N–H and O–H groups in total. The van der Waals surface area contributed by atoms with Crippen LogP contribution in [0.2, 0.25) is 0 Å². The Morgan fingerprint density at radius 1 is 0.802 bits per heavy atom. The van der Waals surface area contributed by atoms with Gasteiger partial charge in [0, 0.05) is 60.0 Å². The standard InChI is InChI=1S/C62H83N13O11/c1-36(2)47(31-37(3)59(83)84)74(10)58(82)55(61(4,5)6)72-57(81)54(66-9)62(7,8)39-18-15-19-41(32-39)69-50(78)35-86-42-26-24-40(25-27-42)70-56(80)45(22-16-30-67-60(64)85)71-49(77)33-68-48(76)28-29-51(79)75-34-38-17-11-12-20-43(38)52(63)53(73-65)44-21-13-14-23-46(44)75/h11-15,17-21,23-27,31-32,36,45,47,52-55,65-66H,16,22,28-30,33-35,63H2,1-10H3,(H,68,76)(H,69,78)(H,70,80)(H,71,77)(H,72,81)(H,83,84)(H3,64,67,85)/b37-31+,73-65?/t45-,47?,52?,53?,54+,55?/m0/s1. The maximum Gasteiger partial charge on any atom is 0.331 e. The molecular weight excluding hydrogens is 1100 g/mol. The van der Waals surface area contributed by atoms with Crippen LogP contribution in [0.15, 0.2) is 114 Å². The molecule has 0 bridgehead atoms. The van der Waals surface area contributed by atoms with Crippen molar-refractivity contribution >= 4 is 70.4 Å². The number of para-hydroxylation sites is 1. The average molecular weight is 1190 g/mol. The molecule has 0 fully saturated rings. The number of nitrogens with one attached hydrogen (secondary N) is 8. The van der Waals surface area contributed by atoms with E-state index in [0.717, 1.165) is 11.1 Å². The Morgan fingerprint density at radius 2 is 1.47 bits per heavy atom. The summed E-state index contributed by atoms with van der Waals surface area (Å²) in [7, 11) is 3.24. The number of urea groups is 1. The number of nitrogens with zero attached hydrogens (tertiary/aromatic N) is 3. The van der Waals surface area contributed by atoms with E-state index in [4.69, 9.17) is 21.7 Å². The smallest absolute Gasteiger partial charge is 0.331 e. The lowest BCUT2D eigenvalue weighted by atomic mass is 9.76. The minimum atomic E-state index is -1.13. The third-order valence-electron chi connectivity index (χ3n) is 15.0. The highest BCUT2D eigenvalue weighted by Crippen LogP contribution is 2.41. The number of ether oxygens (including phenoxy) is 1. The van der Waals surface area contributed by atoms with Gasteiger partial charge in [0.1, 0.15) is 23.9 Å². The maximum atomic E-state index is 14.2. The molecule has 0 spiro atoms. The molecule has 5 rings (SSSR count). The Labute approximate surface area is 501 Å². The number of carboxylic acid groups (broad SMARTS) is 1. The van der Waals surface area contributed by atoms with Gasteiger partial charge in [-0.05, 0) is 97.3 Å². The molecule has 4 aromatic carbocycles. The molecule has 1 aliphatic heterocycles. The van der Waals surface area contributed by atoms with Crippen molar-refractivity contribution in [3.05, 3.63) is 131 Å². The maximum absolute atomic E-state index is 14.2. The molecule has 0 saturated carbocycles. The normalized spacial score (nSPS) is 15.5. The monoisotopic (exact) mass is 1190 g/mol. The van der Waals surface area contributed by atoms with Crippen LogP contribution in [0.4, 0.5) is 21.9 Å². The van der Waals surface area contributed by atoms with Crippen molar-refractivity contribution in [3.8, 4) is 5.75 Å². The van der Waals surface area contributed by atoms with E-state index in [0.29, 0.717) is 28.2 Å². The van der Waals surface area contributed by atoms with E-state index in [2.05, 4.69) is 42.3 Å². The largest absolute Gasteiger partial charge is 0.484 e. The number of carbonyl (C=O) groups excluding carboxylic acids is 8. The van der Waals surface area contributed by atoms with Crippen LogP contribution in [0, 0.1) is 16.9 Å². The van der Waals surface area contributed by atoms with Crippen LogP contribution < -0.4 is 58.3 Å². The minimum Gasteiger partial charge on any atom is -0.484 e. The lowest BCUT2D eigenvalue weighted by Gasteiger charge is -2.40. The first-order valence-electron chi connectivity index (χ1n) is 28.4. The zero-order valence-electron chi connectivity index (χ0n) is 50.5. The minimum absolute atomic E-state index is 0.0667. The lowest BCUT2D eigenvalue weighted by Crippen LogP contribution is -2.61. The van der Waals surface area contributed by atoms with Crippen LogP contribution in [-0.2, 0) is 50.3 Å². The van der Waals surface area contributed by atoms with Gasteiger partial charge >= 0.3 is 12.0 Å². The fraction of sp³-hybridized carbons (Fsp3) is 0.435. The zero-order valence-corrected chi connectivity index (χ0v) is 50.5. The molecule has 86 heavy (non-hydrogen) atoms. The summed E-state index contributed by atoms with van der Waals surface area (Å²) >= 11 is 0. The first-order valence-corrected chi connectivity index (χ1v) is 28.4. The van der Waals surface area contributed by atoms with Gasteiger partial charge in [-0.15, -0.1) is 0 Å². The Balaban J connectivity index is 1.15. The van der Waals surface area contributed by atoms with Gasteiger partial charge in [0.05, 0.1) is 31.2 Å². The molecule has 24 nitrogen and oxygen atoms in total. The van der Waals surface area contributed by atoms with E-state index in [1.807, 2.05) is 78.8 Å². The van der Waals surface area contributed by atoms with Crippen molar-refractivity contribution in [3.63, 3.8) is 0 Å². The number of benzene rings is 4. The number of nitrogens with two attached hydrogens (primary N) is 2. The Kier molecular flexibility index (Phi) is 24.2. The molecule has 462 valence electrons. The van der Waals surface area contributed by atoms with Gasteiger partial charge in [-0.2, -0.15) is 5.11 Å². The molecule has 1 aliphatic rings. The number of amides is 9. The van der Waals surface area contributed by atoms with Crippen molar-refractivity contribution in [1.82, 2.24) is 31.5 Å². The second-order valence-corrected chi connectivity index (χ2v) is 23.2. The van der Waals surface area contributed by atoms with Crippen LogP contribution in [0.5, 0.6) is 5.75 Å². The van der Waals surface area contributed by atoms with Gasteiger partial charge in [0.2, 0.25) is 35.4 Å². The number of fused-ring (bicyclic) bond motifs is 2. The zero-order chi connectivity index (χ0) is 63.6. The number of carboxylic acids is 1. The van der Waals surface area contributed by atoms with Crippen LogP contribution in [0.1, 0.15) is 115 Å². The van der Waals surface area contributed by atoms with E-state index in [1.165, 1.54) is 36.1 Å². The predicted molar refractivity (Wildman–Crippen MR) is 326 cm³/mol. The van der Waals surface area contributed by atoms with E-state index >= 15 is 0 Å². The summed E-state index contributed by atoms with van der Waals surface area (Å²) < 4.78 is 5.76. The van der Waals surface area contributed by atoms with Crippen molar-refractivity contribution in [1.29, 1.82) is 5.53 Å². The number of aliphatic carboxylic acids is 1. The van der Waals surface area contributed by atoms with Crippen molar-refractivity contribution in [2.45, 2.75) is 129 Å². The van der Waals surface area contributed by atoms with Crippen molar-refractivity contribution in [2.75, 3.05) is 49.3 Å². The van der Waals surface area contributed by atoms with Crippen LogP contribution in [0.3, 0.4) is 0 Å². The van der Waals surface area contributed by atoms with Crippen LogP contribution >= 0.6 is 0 Å². The van der Waals surface area contributed by atoms with Gasteiger partial charge in [0.25, 0.3) is 5.91 Å². The molecule has 4 unspecified atom stereocenters.